The highest BCUT2D eigenvalue weighted by Gasteiger charge is 2.39. The van der Waals surface area contributed by atoms with Crippen LogP contribution in [0.4, 0.5) is 4.39 Å². The smallest absolute Gasteiger partial charge is 0.165 e. The Morgan fingerprint density at radius 3 is 2.58 bits per heavy atom. The van der Waals surface area contributed by atoms with E-state index in [0.717, 1.165) is 19.4 Å². The van der Waals surface area contributed by atoms with Gasteiger partial charge >= 0.3 is 0 Å². The maximum atomic E-state index is 13.4. The Hall–Kier alpha value is -1.13. The fourth-order valence-electron chi connectivity index (χ4n) is 3.43. The van der Waals surface area contributed by atoms with Crippen molar-refractivity contribution in [2.45, 2.75) is 43.9 Å². The number of hydrogen-bond acceptors (Lipinski definition) is 3. The Morgan fingerprint density at radius 1 is 1.21 bits per heavy atom. The summed E-state index contributed by atoms with van der Waals surface area (Å²) in [6.45, 7) is 1.32. The number of benzene rings is 1. The molecule has 2 bridgehead atoms. The topological polar surface area (TPSA) is 32.7 Å². The van der Waals surface area contributed by atoms with E-state index in [2.05, 4.69) is 4.90 Å². The Balaban J connectivity index is 1.52. The van der Waals surface area contributed by atoms with Crippen molar-refractivity contribution in [1.82, 2.24) is 4.90 Å². The van der Waals surface area contributed by atoms with E-state index in [1.54, 1.807) is 18.2 Å². The maximum absolute atomic E-state index is 13.4. The number of hydrogen-bond donors (Lipinski definition) is 1. The van der Waals surface area contributed by atoms with Crippen molar-refractivity contribution in [2.24, 2.45) is 0 Å². The average Bonchev–Trinajstić information content (AvgIpc) is 2.64. The van der Waals surface area contributed by atoms with Gasteiger partial charge in [0, 0.05) is 18.6 Å². The van der Waals surface area contributed by atoms with Crippen molar-refractivity contribution in [2.75, 3.05) is 13.2 Å². The van der Waals surface area contributed by atoms with Gasteiger partial charge in [-0.05, 0) is 37.8 Å². The Kier molecular flexibility index (Phi) is 3.71. The summed E-state index contributed by atoms with van der Waals surface area (Å²) in [5, 5.41) is 9.74. The first-order valence-electron chi connectivity index (χ1n) is 7.05. The summed E-state index contributed by atoms with van der Waals surface area (Å²) in [6, 6.07) is 7.48. The number of piperidine rings is 1. The number of ether oxygens (including phenoxy) is 1. The molecular weight excluding hydrogens is 245 g/mol. The molecule has 2 aliphatic heterocycles. The molecule has 0 spiro atoms. The molecule has 2 heterocycles. The highest BCUT2D eigenvalue weighted by molar-refractivity contribution is 5.23. The first-order valence-corrected chi connectivity index (χ1v) is 7.05. The van der Waals surface area contributed by atoms with E-state index in [0.29, 0.717) is 24.4 Å². The zero-order chi connectivity index (χ0) is 13.2. The molecule has 3 nitrogen and oxygen atoms in total. The Morgan fingerprint density at radius 2 is 1.89 bits per heavy atom. The molecular formula is C15H20FNO2. The van der Waals surface area contributed by atoms with Crippen LogP contribution >= 0.6 is 0 Å². The van der Waals surface area contributed by atoms with Crippen LogP contribution in [0.25, 0.3) is 0 Å². The molecule has 0 aliphatic carbocycles. The van der Waals surface area contributed by atoms with Gasteiger partial charge in [0.15, 0.2) is 11.6 Å². The molecule has 2 saturated heterocycles. The van der Waals surface area contributed by atoms with E-state index in [-0.39, 0.29) is 11.9 Å². The van der Waals surface area contributed by atoms with E-state index in [9.17, 15) is 9.50 Å². The lowest BCUT2D eigenvalue weighted by Gasteiger charge is -2.36. The second-order valence-electron chi connectivity index (χ2n) is 5.53. The number of rotatable bonds is 4. The standard InChI is InChI=1S/C15H20FNO2/c16-14-3-1-2-4-15(14)19-8-7-17-11-5-6-12(17)10-13(18)9-11/h1-4,11-13,18H,5-10H2. The lowest BCUT2D eigenvalue weighted by molar-refractivity contribution is 0.0285. The maximum Gasteiger partial charge on any atom is 0.165 e. The third kappa shape index (κ3) is 2.74. The predicted molar refractivity (Wildman–Crippen MR) is 70.7 cm³/mol. The summed E-state index contributed by atoms with van der Waals surface area (Å²) in [6.07, 6.45) is 3.94. The van der Waals surface area contributed by atoms with Gasteiger partial charge in [-0.15, -0.1) is 0 Å². The van der Waals surface area contributed by atoms with Crippen molar-refractivity contribution < 1.29 is 14.2 Å². The number of aliphatic hydroxyl groups excluding tert-OH is 1. The zero-order valence-electron chi connectivity index (χ0n) is 11.0. The molecule has 0 amide bonds. The minimum Gasteiger partial charge on any atom is -0.489 e. The van der Waals surface area contributed by atoms with Crippen molar-refractivity contribution in [3.63, 3.8) is 0 Å². The van der Waals surface area contributed by atoms with Gasteiger partial charge in [-0.25, -0.2) is 4.39 Å². The van der Waals surface area contributed by atoms with Crippen molar-refractivity contribution in [3.8, 4) is 5.75 Å². The second-order valence-corrected chi connectivity index (χ2v) is 5.53. The number of aliphatic hydroxyl groups is 1. The molecule has 19 heavy (non-hydrogen) atoms. The normalized spacial score (nSPS) is 30.5. The van der Waals surface area contributed by atoms with Gasteiger partial charge in [0.25, 0.3) is 0 Å². The molecule has 0 aromatic heterocycles. The molecule has 104 valence electrons. The molecule has 2 atom stereocenters. The van der Waals surface area contributed by atoms with Crippen LogP contribution in [0.15, 0.2) is 24.3 Å². The lowest BCUT2D eigenvalue weighted by Crippen LogP contribution is -2.46. The van der Waals surface area contributed by atoms with Gasteiger partial charge in [0.2, 0.25) is 0 Å². The van der Waals surface area contributed by atoms with Crippen LogP contribution in [0.3, 0.4) is 0 Å². The third-order valence-corrected chi connectivity index (χ3v) is 4.30. The van der Waals surface area contributed by atoms with Gasteiger partial charge in [0.1, 0.15) is 6.61 Å². The third-order valence-electron chi connectivity index (χ3n) is 4.30. The molecule has 1 N–H and O–H groups in total. The molecule has 2 aliphatic rings. The highest BCUT2D eigenvalue weighted by Crippen LogP contribution is 2.35. The van der Waals surface area contributed by atoms with Crippen LogP contribution in [0.1, 0.15) is 25.7 Å². The van der Waals surface area contributed by atoms with Crippen molar-refractivity contribution in [3.05, 3.63) is 30.1 Å². The summed E-state index contributed by atoms with van der Waals surface area (Å²) in [7, 11) is 0. The van der Waals surface area contributed by atoms with Crippen molar-refractivity contribution in [1.29, 1.82) is 0 Å². The second kappa shape index (κ2) is 5.47. The van der Waals surface area contributed by atoms with Gasteiger partial charge in [-0.2, -0.15) is 0 Å². The van der Waals surface area contributed by atoms with E-state index >= 15 is 0 Å². The van der Waals surface area contributed by atoms with Crippen LogP contribution in [0.5, 0.6) is 5.75 Å². The van der Waals surface area contributed by atoms with Crippen LogP contribution in [-0.2, 0) is 0 Å². The summed E-state index contributed by atoms with van der Waals surface area (Å²) in [4.78, 5) is 2.42. The van der Waals surface area contributed by atoms with Crippen LogP contribution in [-0.4, -0.2) is 41.3 Å². The summed E-state index contributed by atoms with van der Waals surface area (Å²) >= 11 is 0. The monoisotopic (exact) mass is 265 g/mol. The first-order chi connectivity index (χ1) is 9.24. The number of nitrogens with zero attached hydrogens (tertiary/aromatic N) is 1. The predicted octanol–water partition coefficient (Wildman–Crippen LogP) is 2.19. The van der Waals surface area contributed by atoms with E-state index in [1.807, 2.05) is 0 Å². The van der Waals surface area contributed by atoms with Crippen molar-refractivity contribution >= 4 is 0 Å². The Labute approximate surface area is 113 Å². The molecule has 3 rings (SSSR count). The minimum atomic E-state index is -0.306. The van der Waals surface area contributed by atoms with Gasteiger partial charge in [0.05, 0.1) is 6.10 Å². The molecule has 4 heteroatoms. The summed E-state index contributed by atoms with van der Waals surface area (Å²) in [5.41, 5.74) is 0. The Bertz CT molecular complexity index is 426. The van der Waals surface area contributed by atoms with E-state index in [4.69, 9.17) is 4.74 Å². The van der Waals surface area contributed by atoms with Gasteiger partial charge in [-0.1, -0.05) is 12.1 Å². The SMILES string of the molecule is OC1CC2CCC(C1)N2CCOc1ccccc1F. The molecule has 2 unspecified atom stereocenters. The fraction of sp³-hybridized carbons (Fsp3) is 0.600. The zero-order valence-corrected chi connectivity index (χ0v) is 11.0. The number of fused-ring (bicyclic) bond motifs is 2. The van der Waals surface area contributed by atoms with Crippen LogP contribution in [0.2, 0.25) is 0 Å². The molecule has 1 aromatic carbocycles. The quantitative estimate of drug-likeness (QED) is 0.906. The van der Waals surface area contributed by atoms with Gasteiger partial charge in [-0.3, -0.25) is 4.90 Å². The largest absolute Gasteiger partial charge is 0.489 e. The summed E-state index contributed by atoms with van der Waals surface area (Å²) in [5.74, 6) is 0.0198. The van der Waals surface area contributed by atoms with Crippen LogP contribution < -0.4 is 4.74 Å². The summed E-state index contributed by atoms with van der Waals surface area (Å²) < 4.78 is 18.9. The molecule has 2 fully saturated rings. The molecule has 0 radical (unpaired) electrons. The number of para-hydroxylation sites is 1. The van der Waals surface area contributed by atoms with E-state index < -0.39 is 0 Å². The average molecular weight is 265 g/mol. The van der Waals surface area contributed by atoms with Gasteiger partial charge < -0.3 is 9.84 Å². The molecule has 0 saturated carbocycles. The number of halogens is 1. The lowest BCUT2D eigenvalue weighted by atomic mass is 10.0. The highest BCUT2D eigenvalue weighted by atomic mass is 19.1. The van der Waals surface area contributed by atoms with E-state index in [1.165, 1.54) is 18.9 Å². The van der Waals surface area contributed by atoms with Crippen LogP contribution in [0, 0.1) is 5.82 Å². The first kappa shape index (κ1) is 12.9. The molecule has 1 aromatic rings. The minimum absolute atomic E-state index is 0.138. The fourth-order valence-corrected chi connectivity index (χ4v) is 3.43.